The SMILES string of the molecule is Cc1ccc(CN2CCN(Cc3ccccc3F)[C@@H]2c2c(Cl)cccc2Cl)cc1. The van der Waals surface area contributed by atoms with Crippen molar-refractivity contribution in [3.05, 3.63) is 105 Å². The predicted octanol–water partition coefficient (Wildman–Crippen LogP) is 6.46. The monoisotopic (exact) mass is 428 g/mol. The van der Waals surface area contributed by atoms with Crippen LogP contribution in [0.5, 0.6) is 0 Å². The first-order chi connectivity index (χ1) is 14.0. The Kier molecular flexibility index (Phi) is 6.21. The lowest BCUT2D eigenvalue weighted by molar-refractivity contribution is 0.125. The molecule has 3 aromatic rings. The molecule has 0 bridgehead atoms. The lowest BCUT2D eigenvalue weighted by Crippen LogP contribution is -2.31. The van der Waals surface area contributed by atoms with Gasteiger partial charge < -0.3 is 0 Å². The van der Waals surface area contributed by atoms with Gasteiger partial charge in [-0.05, 0) is 30.7 Å². The molecule has 0 saturated carbocycles. The van der Waals surface area contributed by atoms with Gasteiger partial charge in [0.1, 0.15) is 5.82 Å². The molecule has 0 amide bonds. The number of aryl methyl sites for hydroxylation is 1. The first-order valence-corrected chi connectivity index (χ1v) is 10.5. The van der Waals surface area contributed by atoms with Crippen molar-refractivity contribution in [1.29, 1.82) is 0 Å². The Labute approximate surface area is 181 Å². The summed E-state index contributed by atoms with van der Waals surface area (Å²) < 4.78 is 14.3. The highest BCUT2D eigenvalue weighted by Crippen LogP contribution is 2.40. The molecule has 1 fully saturated rings. The zero-order chi connectivity index (χ0) is 20.4. The number of halogens is 3. The summed E-state index contributed by atoms with van der Waals surface area (Å²) in [4.78, 5) is 4.61. The first kappa shape index (κ1) is 20.4. The molecular formula is C24H23Cl2FN2. The van der Waals surface area contributed by atoms with Crippen molar-refractivity contribution in [2.45, 2.75) is 26.2 Å². The third kappa shape index (κ3) is 4.49. The van der Waals surface area contributed by atoms with Gasteiger partial charge in [0, 0.05) is 47.4 Å². The average molecular weight is 429 g/mol. The van der Waals surface area contributed by atoms with Crippen LogP contribution in [0.25, 0.3) is 0 Å². The standard InChI is InChI=1S/C24H23Cl2FN2/c1-17-9-11-18(12-10-17)15-28-13-14-29(16-19-5-2-3-8-22(19)27)24(28)23-20(25)6-4-7-21(23)26/h2-12,24H,13-16H2,1H3/t24-/m1/s1. The lowest BCUT2D eigenvalue weighted by atomic mass is 10.1. The van der Waals surface area contributed by atoms with Gasteiger partial charge in [-0.1, -0.05) is 77.3 Å². The molecule has 150 valence electrons. The van der Waals surface area contributed by atoms with Crippen LogP contribution in [0, 0.1) is 12.7 Å². The fraction of sp³-hybridized carbons (Fsp3) is 0.250. The molecule has 0 aliphatic carbocycles. The van der Waals surface area contributed by atoms with E-state index in [0.717, 1.165) is 25.2 Å². The summed E-state index contributed by atoms with van der Waals surface area (Å²) in [5, 5.41) is 1.27. The molecule has 0 N–H and O–H groups in total. The highest BCUT2D eigenvalue weighted by Gasteiger charge is 2.36. The molecule has 1 saturated heterocycles. The van der Waals surface area contributed by atoms with Gasteiger partial charge >= 0.3 is 0 Å². The van der Waals surface area contributed by atoms with Gasteiger partial charge in [-0.15, -0.1) is 0 Å². The van der Waals surface area contributed by atoms with E-state index in [1.807, 2.05) is 30.3 Å². The second-order valence-electron chi connectivity index (χ2n) is 7.53. The number of hydrogen-bond acceptors (Lipinski definition) is 2. The minimum absolute atomic E-state index is 0.114. The van der Waals surface area contributed by atoms with Gasteiger partial charge in [-0.3, -0.25) is 9.80 Å². The molecule has 0 radical (unpaired) electrons. The van der Waals surface area contributed by atoms with E-state index in [-0.39, 0.29) is 12.0 Å². The van der Waals surface area contributed by atoms with Crippen LogP contribution in [-0.2, 0) is 13.1 Å². The topological polar surface area (TPSA) is 6.48 Å². The molecule has 2 nitrogen and oxygen atoms in total. The maximum atomic E-state index is 14.3. The van der Waals surface area contributed by atoms with Crippen molar-refractivity contribution in [2.75, 3.05) is 13.1 Å². The molecular weight excluding hydrogens is 406 g/mol. The summed E-state index contributed by atoms with van der Waals surface area (Å²) in [6, 6.07) is 21.1. The fourth-order valence-electron chi connectivity index (χ4n) is 3.96. The van der Waals surface area contributed by atoms with Crippen LogP contribution in [-0.4, -0.2) is 22.9 Å². The summed E-state index contributed by atoms with van der Waals surface area (Å²) in [5.41, 5.74) is 4.04. The molecule has 4 rings (SSSR count). The van der Waals surface area contributed by atoms with Gasteiger partial charge in [-0.2, -0.15) is 0 Å². The van der Waals surface area contributed by atoms with E-state index in [2.05, 4.69) is 41.0 Å². The number of hydrogen-bond donors (Lipinski definition) is 0. The smallest absolute Gasteiger partial charge is 0.127 e. The van der Waals surface area contributed by atoms with Gasteiger partial charge in [0.2, 0.25) is 0 Å². The maximum absolute atomic E-state index is 14.3. The predicted molar refractivity (Wildman–Crippen MR) is 118 cm³/mol. The third-order valence-corrected chi connectivity index (χ3v) is 6.12. The molecule has 1 heterocycles. The maximum Gasteiger partial charge on any atom is 0.127 e. The average Bonchev–Trinajstić information content (AvgIpc) is 3.07. The Hall–Kier alpha value is -1.91. The summed E-state index contributed by atoms with van der Waals surface area (Å²) in [6.07, 6.45) is -0.114. The summed E-state index contributed by atoms with van der Waals surface area (Å²) in [7, 11) is 0. The number of nitrogens with zero attached hydrogens (tertiary/aromatic N) is 2. The van der Waals surface area contributed by atoms with Crippen molar-refractivity contribution >= 4 is 23.2 Å². The highest BCUT2D eigenvalue weighted by molar-refractivity contribution is 6.36. The van der Waals surface area contributed by atoms with E-state index in [9.17, 15) is 4.39 Å². The molecule has 5 heteroatoms. The Morgan fingerprint density at radius 1 is 0.828 bits per heavy atom. The first-order valence-electron chi connectivity index (χ1n) is 9.74. The third-order valence-electron chi connectivity index (χ3n) is 5.46. The Morgan fingerprint density at radius 3 is 2.10 bits per heavy atom. The lowest BCUT2D eigenvalue weighted by Gasteiger charge is -2.32. The van der Waals surface area contributed by atoms with E-state index in [1.54, 1.807) is 6.07 Å². The second-order valence-corrected chi connectivity index (χ2v) is 8.34. The van der Waals surface area contributed by atoms with Crippen molar-refractivity contribution in [3.63, 3.8) is 0 Å². The van der Waals surface area contributed by atoms with Crippen LogP contribution in [0.1, 0.15) is 28.4 Å². The van der Waals surface area contributed by atoms with Crippen LogP contribution in [0.3, 0.4) is 0 Å². The number of benzene rings is 3. The second kappa shape index (κ2) is 8.85. The summed E-state index contributed by atoms with van der Waals surface area (Å²) in [6.45, 7) is 5.03. The molecule has 0 unspecified atom stereocenters. The molecule has 1 aliphatic heterocycles. The van der Waals surface area contributed by atoms with E-state index in [4.69, 9.17) is 23.2 Å². The van der Waals surface area contributed by atoms with Crippen LogP contribution in [0.4, 0.5) is 4.39 Å². The van der Waals surface area contributed by atoms with E-state index >= 15 is 0 Å². The molecule has 0 aromatic heterocycles. The Bertz CT molecular complexity index is 970. The van der Waals surface area contributed by atoms with E-state index < -0.39 is 0 Å². The van der Waals surface area contributed by atoms with Crippen molar-refractivity contribution in [3.8, 4) is 0 Å². The van der Waals surface area contributed by atoms with Crippen LogP contribution in [0.15, 0.2) is 66.7 Å². The largest absolute Gasteiger partial charge is 0.278 e. The van der Waals surface area contributed by atoms with Gasteiger partial charge in [-0.25, -0.2) is 4.39 Å². The van der Waals surface area contributed by atoms with Crippen LogP contribution >= 0.6 is 23.2 Å². The van der Waals surface area contributed by atoms with Crippen molar-refractivity contribution in [2.24, 2.45) is 0 Å². The highest BCUT2D eigenvalue weighted by atomic mass is 35.5. The normalized spacial score (nSPS) is 17.7. The van der Waals surface area contributed by atoms with Crippen molar-refractivity contribution < 1.29 is 4.39 Å². The molecule has 3 aromatic carbocycles. The Balaban J connectivity index is 1.68. The Morgan fingerprint density at radius 2 is 1.45 bits per heavy atom. The van der Waals surface area contributed by atoms with Crippen LogP contribution in [0.2, 0.25) is 10.0 Å². The van der Waals surface area contributed by atoms with E-state index in [0.29, 0.717) is 22.2 Å². The molecule has 0 spiro atoms. The van der Waals surface area contributed by atoms with Crippen molar-refractivity contribution in [1.82, 2.24) is 9.80 Å². The summed E-state index contributed by atoms with van der Waals surface area (Å²) in [5.74, 6) is -0.187. The van der Waals surface area contributed by atoms with Gasteiger partial charge in [0.25, 0.3) is 0 Å². The fourth-order valence-corrected chi connectivity index (χ4v) is 4.55. The minimum atomic E-state index is -0.187. The zero-order valence-corrected chi connectivity index (χ0v) is 17.8. The van der Waals surface area contributed by atoms with Crippen LogP contribution < -0.4 is 0 Å². The molecule has 29 heavy (non-hydrogen) atoms. The van der Waals surface area contributed by atoms with Gasteiger partial charge in [0.05, 0.1) is 6.17 Å². The quantitative estimate of drug-likeness (QED) is 0.460. The molecule has 1 atom stereocenters. The number of rotatable bonds is 5. The summed E-state index contributed by atoms with van der Waals surface area (Å²) >= 11 is 13.2. The van der Waals surface area contributed by atoms with E-state index in [1.165, 1.54) is 17.2 Å². The minimum Gasteiger partial charge on any atom is -0.278 e. The van der Waals surface area contributed by atoms with Gasteiger partial charge in [0.15, 0.2) is 0 Å². The molecule has 1 aliphatic rings. The zero-order valence-electron chi connectivity index (χ0n) is 16.3.